The molecule has 3 rings (SSSR count). The molecular formula is C22H26N4O4. The maximum absolute atomic E-state index is 6.65. The first-order valence-corrected chi connectivity index (χ1v) is 9.45. The molecule has 1 aliphatic rings. The van der Waals surface area contributed by atoms with Gasteiger partial charge in [-0.25, -0.2) is 4.99 Å². The molecule has 0 saturated carbocycles. The maximum atomic E-state index is 6.65. The molecule has 0 amide bonds. The van der Waals surface area contributed by atoms with Crippen LogP contribution < -0.4 is 25.8 Å². The second-order valence-electron chi connectivity index (χ2n) is 6.55. The minimum absolute atomic E-state index is 0.363. The molecule has 1 atom stereocenters. The number of terminal acetylenes is 1. The molecule has 1 aliphatic heterocycles. The molecule has 0 aromatic heterocycles. The standard InChI is InChI=1S/C22H26N4O4/c1-4-16-6-5-7-17(12-16)26-22(23)18-13-20(29-10-8-27-2)21(30-11-9-28-3)14-19(18)24-15-25-22/h1,5-7,12-15,26H,8-11,23H2,2-3H3,(H,24,25). The van der Waals surface area contributed by atoms with Crippen LogP contribution >= 0.6 is 0 Å². The summed E-state index contributed by atoms with van der Waals surface area (Å²) in [6.07, 6.45) is 7.05. The minimum atomic E-state index is -1.22. The van der Waals surface area contributed by atoms with Crippen molar-refractivity contribution in [1.29, 1.82) is 0 Å². The van der Waals surface area contributed by atoms with Crippen molar-refractivity contribution >= 4 is 17.7 Å². The van der Waals surface area contributed by atoms with E-state index in [-0.39, 0.29) is 0 Å². The highest BCUT2D eigenvalue weighted by molar-refractivity contribution is 5.83. The van der Waals surface area contributed by atoms with E-state index in [1.54, 1.807) is 20.6 Å². The molecule has 2 aromatic carbocycles. The van der Waals surface area contributed by atoms with Gasteiger partial charge in [-0.15, -0.1) is 6.42 Å². The molecule has 0 aliphatic carbocycles. The maximum Gasteiger partial charge on any atom is 0.212 e. The molecule has 1 unspecified atom stereocenters. The van der Waals surface area contributed by atoms with Crippen molar-refractivity contribution in [2.45, 2.75) is 5.79 Å². The lowest BCUT2D eigenvalue weighted by atomic mass is 10.0. The van der Waals surface area contributed by atoms with Gasteiger partial charge in [0.2, 0.25) is 5.79 Å². The van der Waals surface area contributed by atoms with Crippen LogP contribution in [0.25, 0.3) is 0 Å². The lowest BCUT2D eigenvalue weighted by Crippen LogP contribution is -2.45. The molecule has 0 radical (unpaired) electrons. The fourth-order valence-electron chi connectivity index (χ4n) is 2.97. The molecule has 0 bridgehead atoms. The average molecular weight is 410 g/mol. The van der Waals surface area contributed by atoms with Gasteiger partial charge in [0.1, 0.15) is 13.2 Å². The van der Waals surface area contributed by atoms with Gasteiger partial charge in [-0.1, -0.05) is 12.0 Å². The number of ether oxygens (including phenoxy) is 4. The van der Waals surface area contributed by atoms with Crippen molar-refractivity contribution in [2.75, 3.05) is 51.3 Å². The molecule has 158 valence electrons. The summed E-state index contributed by atoms with van der Waals surface area (Å²) in [7, 11) is 3.23. The summed E-state index contributed by atoms with van der Waals surface area (Å²) < 4.78 is 21.9. The Morgan fingerprint density at radius 1 is 1.07 bits per heavy atom. The van der Waals surface area contributed by atoms with Gasteiger partial charge in [-0.3, -0.25) is 5.73 Å². The quantitative estimate of drug-likeness (QED) is 0.314. The van der Waals surface area contributed by atoms with E-state index in [0.29, 0.717) is 43.5 Å². The molecule has 8 nitrogen and oxygen atoms in total. The van der Waals surface area contributed by atoms with Crippen molar-refractivity contribution in [3.05, 3.63) is 47.5 Å². The Morgan fingerprint density at radius 2 is 1.77 bits per heavy atom. The molecule has 2 aromatic rings. The lowest BCUT2D eigenvalue weighted by molar-refractivity contribution is 0.132. The number of benzene rings is 2. The van der Waals surface area contributed by atoms with Crippen LogP contribution in [0.4, 0.5) is 11.4 Å². The van der Waals surface area contributed by atoms with Crippen LogP contribution in [0, 0.1) is 12.3 Å². The van der Waals surface area contributed by atoms with Gasteiger partial charge in [0, 0.05) is 37.1 Å². The third kappa shape index (κ3) is 5.02. The van der Waals surface area contributed by atoms with Gasteiger partial charge >= 0.3 is 0 Å². The Balaban J connectivity index is 1.94. The highest BCUT2D eigenvalue weighted by Crippen LogP contribution is 2.40. The van der Waals surface area contributed by atoms with Crippen LogP contribution in [0.5, 0.6) is 11.5 Å². The first-order chi connectivity index (χ1) is 14.6. The van der Waals surface area contributed by atoms with E-state index < -0.39 is 5.79 Å². The molecule has 1 heterocycles. The molecule has 8 heteroatoms. The first kappa shape index (κ1) is 21.5. The van der Waals surface area contributed by atoms with E-state index in [4.69, 9.17) is 31.1 Å². The minimum Gasteiger partial charge on any atom is -0.487 e. The predicted molar refractivity (Wildman–Crippen MR) is 117 cm³/mol. The second kappa shape index (κ2) is 9.98. The number of hydrogen-bond acceptors (Lipinski definition) is 8. The number of methoxy groups -OCH3 is 2. The molecule has 0 saturated heterocycles. The van der Waals surface area contributed by atoms with Crippen LogP contribution in [0.1, 0.15) is 11.1 Å². The molecular weight excluding hydrogens is 384 g/mol. The fourth-order valence-corrected chi connectivity index (χ4v) is 2.97. The third-order valence-electron chi connectivity index (χ3n) is 4.44. The zero-order chi connectivity index (χ0) is 21.4. The topological polar surface area (TPSA) is 99.4 Å². The molecule has 0 fully saturated rings. The van der Waals surface area contributed by atoms with Crippen molar-refractivity contribution in [3.8, 4) is 23.8 Å². The van der Waals surface area contributed by atoms with Crippen molar-refractivity contribution in [3.63, 3.8) is 0 Å². The lowest BCUT2D eigenvalue weighted by Gasteiger charge is -2.33. The first-order valence-electron chi connectivity index (χ1n) is 9.45. The van der Waals surface area contributed by atoms with Gasteiger partial charge in [-0.05, 0) is 24.3 Å². The molecule has 0 spiro atoms. The van der Waals surface area contributed by atoms with E-state index in [1.165, 1.54) is 0 Å². The third-order valence-corrected chi connectivity index (χ3v) is 4.44. The number of nitrogens with two attached hydrogens (primary N) is 1. The fraction of sp³-hybridized carbons (Fsp3) is 0.318. The van der Waals surface area contributed by atoms with Crippen LogP contribution in [0.15, 0.2) is 41.4 Å². The van der Waals surface area contributed by atoms with E-state index in [2.05, 4.69) is 21.5 Å². The molecule has 30 heavy (non-hydrogen) atoms. The summed E-state index contributed by atoms with van der Waals surface area (Å²) in [6, 6.07) is 11.1. The zero-order valence-electron chi connectivity index (χ0n) is 17.1. The van der Waals surface area contributed by atoms with E-state index in [9.17, 15) is 0 Å². The monoisotopic (exact) mass is 410 g/mol. The smallest absolute Gasteiger partial charge is 0.212 e. The van der Waals surface area contributed by atoms with Crippen LogP contribution in [-0.2, 0) is 15.3 Å². The van der Waals surface area contributed by atoms with Gasteiger partial charge in [0.05, 0.1) is 25.2 Å². The summed E-state index contributed by atoms with van der Waals surface area (Å²) in [4.78, 5) is 4.43. The van der Waals surface area contributed by atoms with Gasteiger partial charge in [0.15, 0.2) is 11.5 Å². The summed E-state index contributed by atoms with van der Waals surface area (Å²) in [6.45, 7) is 1.64. The van der Waals surface area contributed by atoms with Crippen LogP contribution in [-0.4, -0.2) is 47.0 Å². The summed E-state index contributed by atoms with van der Waals surface area (Å²) >= 11 is 0. The van der Waals surface area contributed by atoms with E-state index in [1.807, 2.05) is 36.4 Å². The van der Waals surface area contributed by atoms with Crippen LogP contribution in [0.3, 0.4) is 0 Å². The number of fused-ring (bicyclic) bond motifs is 1. The Morgan fingerprint density at radius 3 is 2.43 bits per heavy atom. The number of hydrogen-bond donors (Lipinski definition) is 3. The zero-order valence-corrected chi connectivity index (χ0v) is 17.1. The highest BCUT2D eigenvalue weighted by Gasteiger charge is 2.33. The summed E-state index contributed by atoms with van der Waals surface area (Å²) in [5.74, 6) is 2.50. The normalized spacial score (nSPS) is 16.9. The summed E-state index contributed by atoms with van der Waals surface area (Å²) in [5.41, 5.74) is 9.59. The largest absolute Gasteiger partial charge is 0.487 e. The second-order valence-corrected chi connectivity index (χ2v) is 6.55. The SMILES string of the molecule is C#Cc1cccc(NC2(N)N=CNc3cc(OCCOC)c(OCCOC)cc32)c1. The molecule has 4 N–H and O–H groups in total. The van der Waals surface area contributed by atoms with Crippen LogP contribution in [0.2, 0.25) is 0 Å². The van der Waals surface area contributed by atoms with Gasteiger partial charge in [0.25, 0.3) is 0 Å². The predicted octanol–water partition coefficient (Wildman–Crippen LogP) is 2.35. The Bertz CT molecular complexity index is 941. The number of aliphatic imine (C=N–C) groups is 1. The number of rotatable bonds is 10. The Hall–Kier alpha value is -3.25. The Labute approximate surface area is 176 Å². The van der Waals surface area contributed by atoms with Crippen molar-refractivity contribution < 1.29 is 18.9 Å². The number of anilines is 2. The number of nitrogens with zero attached hydrogens (tertiary/aromatic N) is 1. The van der Waals surface area contributed by atoms with Gasteiger partial charge < -0.3 is 29.6 Å². The van der Waals surface area contributed by atoms with E-state index in [0.717, 1.165) is 16.9 Å². The van der Waals surface area contributed by atoms with Crippen molar-refractivity contribution in [2.24, 2.45) is 10.7 Å². The highest BCUT2D eigenvalue weighted by atomic mass is 16.5. The Kier molecular flexibility index (Phi) is 7.14. The summed E-state index contributed by atoms with van der Waals surface area (Å²) in [5, 5.41) is 6.37. The van der Waals surface area contributed by atoms with Gasteiger partial charge in [-0.2, -0.15) is 0 Å². The van der Waals surface area contributed by atoms with Crippen molar-refractivity contribution in [1.82, 2.24) is 0 Å². The van der Waals surface area contributed by atoms with E-state index >= 15 is 0 Å². The average Bonchev–Trinajstić information content (AvgIpc) is 2.75. The number of nitrogens with one attached hydrogen (secondary N) is 2.